The van der Waals surface area contributed by atoms with Gasteiger partial charge in [-0.3, -0.25) is 4.79 Å². The van der Waals surface area contributed by atoms with Crippen molar-refractivity contribution in [3.05, 3.63) is 0 Å². The zero-order valence-corrected chi connectivity index (χ0v) is 9.16. The molecule has 0 bridgehead atoms. The van der Waals surface area contributed by atoms with Gasteiger partial charge in [0, 0.05) is 18.6 Å². The molecule has 0 fully saturated rings. The summed E-state index contributed by atoms with van der Waals surface area (Å²) in [5.41, 5.74) is -0.844. The number of carbonyl (C=O) groups is 1. The summed E-state index contributed by atoms with van der Waals surface area (Å²) in [6.45, 7) is 3.27. The lowest BCUT2D eigenvalue weighted by Crippen LogP contribution is -2.45. The number of aliphatic hydroxyl groups excluding tert-OH is 3. The second-order valence-corrected chi connectivity index (χ2v) is 3.92. The molecule has 6 heteroatoms. The van der Waals surface area contributed by atoms with Gasteiger partial charge in [0.15, 0.2) is 0 Å². The van der Waals surface area contributed by atoms with Crippen LogP contribution in [0.25, 0.3) is 0 Å². The number of hydrogen-bond acceptors (Lipinski definition) is 4. The first-order valence-corrected chi connectivity index (χ1v) is 4.63. The van der Waals surface area contributed by atoms with Crippen molar-refractivity contribution in [2.24, 2.45) is 5.41 Å². The van der Waals surface area contributed by atoms with Gasteiger partial charge >= 0.3 is 0 Å². The number of aliphatic hydroxyl groups is 3. The van der Waals surface area contributed by atoms with Crippen molar-refractivity contribution in [3.8, 4) is 0 Å². The van der Waals surface area contributed by atoms with Crippen LogP contribution in [0.1, 0.15) is 20.3 Å². The fraction of sp³-hybridized carbons (Fsp3) is 0.889. The maximum atomic E-state index is 11.3. The Balaban J connectivity index is 0. The second-order valence-electron chi connectivity index (χ2n) is 3.92. The minimum atomic E-state index is -1.23. The van der Waals surface area contributed by atoms with Gasteiger partial charge < -0.3 is 26.1 Å². The van der Waals surface area contributed by atoms with E-state index in [2.05, 4.69) is 5.32 Å². The van der Waals surface area contributed by atoms with E-state index in [0.29, 0.717) is 13.0 Å². The van der Waals surface area contributed by atoms with Crippen LogP contribution in [0.5, 0.6) is 0 Å². The zero-order chi connectivity index (χ0) is 11.2. The van der Waals surface area contributed by atoms with E-state index < -0.39 is 17.4 Å². The monoisotopic (exact) mass is 223 g/mol. The number of rotatable bonds is 6. The lowest BCUT2D eigenvalue weighted by Gasteiger charge is -2.27. The van der Waals surface area contributed by atoms with E-state index >= 15 is 0 Å². The van der Waals surface area contributed by atoms with E-state index in [1.54, 1.807) is 13.8 Å². The molecule has 0 unspecified atom stereocenters. The Morgan fingerprint density at radius 2 is 1.93 bits per heavy atom. The van der Waals surface area contributed by atoms with Gasteiger partial charge in [-0.2, -0.15) is 0 Å². The van der Waals surface area contributed by atoms with Crippen LogP contribution in [0.2, 0.25) is 0 Å². The highest BCUT2D eigenvalue weighted by Crippen LogP contribution is 2.19. The molecule has 0 radical (unpaired) electrons. The number of amides is 1. The molecular formula is C9H21NO5. The molecular weight excluding hydrogens is 202 g/mol. The van der Waals surface area contributed by atoms with Crippen LogP contribution in [0.15, 0.2) is 0 Å². The van der Waals surface area contributed by atoms with Crippen LogP contribution in [0.4, 0.5) is 0 Å². The Labute approximate surface area is 89.2 Å². The summed E-state index contributed by atoms with van der Waals surface area (Å²) >= 11 is 0. The Hall–Kier alpha value is -0.690. The predicted molar refractivity (Wildman–Crippen MR) is 55.2 cm³/mol. The molecule has 1 atom stereocenters. The Morgan fingerprint density at radius 3 is 2.33 bits per heavy atom. The van der Waals surface area contributed by atoms with Crippen LogP contribution < -0.4 is 5.32 Å². The third kappa shape index (κ3) is 5.68. The van der Waals surface area contributed by atoms with Gasteiger partial charge in [-0.25, -0.2) is 0 Å². The largest absolute Gasteiger partial charge is 0.412 e. The molecule has 0 spiro atoms. The smallest absolute Gasteiger partial charge is 0.249 e. The van der Waals surface area contributed by atoms with Crippen LogP contribution in [-0.4, -0.2) is 52.6 Å². The fourth-order valence-corrected chi connectivity index (χ4v) is 0.829. The first-order chi connectivity index (χ1) is 6.45. The van der Waals surface area contributed by atoms with E-state index in [4.69, 9.17) is 10.2 Å². The molecule has 92 valence electrons. The van der Waals surface area contributed by atoms with Gasteiger partial charge in [0.1, 0.15) is 6.10 Å². The third-order valence-corrected chi connectivity index (χ3v) is 2.03. The Morgan fingerprint density at radius 1 is 1.40 bits per heavy atom. The highest BCUT2D eigenvalue weighted by atomic mass is 16.3. The zero-order valence-electron chi connectivity index (χ0n) is 9.16. The topological polar surface area (TPSA) is 121 Å². The maximum Gasteiger partial charge on any atom is 0.249 e. The normalized spacial score (nSPS) is 12.9. The van der Waals surface area contributed by atoms with Crippen LogP contribution in [0.3, 0.4) is 0 Å². The van der Waals surface area contributed by atoms with E-state index in [1.807, 2.05) is 0 Å². The molecule has 15 heavy (non-hydrogen) atoms. The number of nitrogens with one attached hydrogen (secondary N) is 1. The first-order valence-electron chi connectivity index (χ1n) is 4.63. The van der Waals surface area contributed by atoms with E-state index in [0.717, 1.165) is 0 Å². The second kappa shape index (κ2) is 7.58. The molecule has 0 aromatic carbocycles. The molecule has 0 aliphatic rings. The molecule has 0 aromatic heterocycles. The minimum Gasteiger partial charge on any atom is -0.412 e. The lowest BCUT2D eigenvalue weighted by atomic mass is 9.87. The molecule has 1 amide bonds. The highest BCUT2D eigenvalue weighted by Gasteiger charge is 2.32. The Bertz CT molecular complexity index is 183. The SMILES string of the molecule is CC(C)(CO)[C@H](O)C(=O)NCCCO.O. The molecule has 0 heterocycles. The molecule has 0 aliphatic carbocycles. The van der Waals surface area contributed by atoms with Gasteiger partial charge in [-0.05, 0) is 6.42 Å². The van der Waals surface area contributed by atoms with Crippen LogP contribution in [-0.2, 0) is 4.79 Å². The summed E-state index contributed by atoms with van der Waals surface area (Å²) < 4.78 is 0. The van der Waals surface area contributed by atoms with Crippen molar-refractivity contribution in [3.63, 3.8) is 0 Å². The van der Waals surface area contributed by atoms with E-state index in [1.165, 1.54) is 0 Å². The van der Waals surface area contributed by atoms with Crippen LogP contribution in [0, 0.1) is 5.41 Å². The van der Waals surface area contributed by atoms with E-state index in [9.17, 15) is 9.90 Å². The standard InChI is InChI=1S/C9H19NO4.H2O/c1-9(2,6-12)7(13)8(14)10-4-3-5-11;/h7,11-13H,3-6H2,1-2H3,(H,10,14);1H2/t7-;/m1./s1. The predicted octanol–water partition coefficient (Wildman–Crippen LogP) is -1.96. The summed E-state index contributed by atoms with van der Waals surface area (Å²) in [5.74, 6) is -0.516. The van der Waals surface area contributed by atoms with Gasteiger partial charge in [-0.15, -0.1) is 0 Å². The van der Waals surface area contributed by atoms with Crippen molar-refractivity contribution in [1.82, 2.24) is 5.32 Å². The molecule has 0 saturated heterocycles. The molecule has 0 aromatic rings. The van der Waals surface area contributed by atoms with Crippen molar-refractivity contribution in [2.75, 3.05) is 19.8 Å². The summed E-state index contributed by atoms with van der Waals surface area (Å²) in [5, 5.41) is 29.3. The molecule has 0 rings (SSSR count). The molecule has 6 nitrogen and oxygen atoms in total. The fourth-order valence-electron chi connectivity index (χ4n) is 0.829. The summed E-state index contributed by atoms with van der Waals surface area (Å²) in [6, 6.07) is 0. The first kappa shape index (κ1) is 16.7. The summed E-state index contributed by atoms with van der Waals surface area (Å²) in [7, 11) is 0. The minimum absolute atomic E-state index is 0. The quantitative estimate of drug-likeness (QED) is 0.390. The molecule has 0 saturated carbocycles. The van der Waals surface area contributed by atoms with E-state index in [-0.39, 0.29) is 18.7 Å². The highest BCUT2D eigenvalue weighted by molar-refractivity contribution is 5.81. The third-order valence-electron chi connectivity index (χ3n) is 2.03. The van der Waals surface area contributed by atoms with Gasteiger partial charge in [0.05, 0.1) is 6.61 Å². The van der Waals surface area contributed by atoms with Gasteiger partial charge in [-0.1, -0.05) is 13.8 Å². The van der Waals surface area contributed by atoms with Gasteiger partial charge in [0.25, 0.3) is 0 Å². The average Bonchev–Trinajstić information content (AvgIpc) is 2.17. The average molecular weight is 223 g/mol. The lowest BCUT2D eigenvalue weighted by molar-refractivity contribution is -0.137. The van der Waals surface area contributed by atoms with Crippen molar-refractivity contribution < 1.29 is 25.6 Å². The number of carbonyl (C=O) groups excluding carboxylic acids is 1. The maximum absolute atomic E-state index is 11.3. The Kier molecular flexibility index (Phi) is 8.46. The van der Waals surface area contributed by atoms with Crippen molar-refractivity contribution in [1.29, 1.82) is 0 Å². The van der Waals surface area contributed by atoms with Crippen LogP contribution >= 0.6 is 0 Å². The number of hydrogen-bond donors (Lipinski definition) is 4. The summed E-state index contributed by atoms with van der Waals surface area (Å²) in [4.78, 5) is 11.3. The molecule has 6 N–H and O–H groups in total. The van der Waals surface area contributed by atoms with Crippen molar-refractivity contribution >= 4 is 5.91 Å². The van der Waals surface area contributed by atoms with Gasteiger partial charge in [0.2, 0.25) is 5.91 Å². The van der Waals surface area contributed by atoms with Crippen molar-refractivity contribution in [2.45, 2.75) is 26.4 Å². The summed E-state index contributed by atoms with van der Waals surface area (Å²) in [6.07, 6.45) is -0.774. The molecule has 0 aliphatic heterocycles.